The number of aliphatic hydroxyl groups is 1. The van der Waals surface area contributed by atoms with E-state index in [-0.39, 0.29) is 6.10 Å². The molecule has 18 heavy (non-hydrogen) atoms. The maximum Gasteiger partial charge on any atom is 0.161 e. The van der Waals surface area contributed by atoms with Crippen LogP contribution in [0.1, 0.15) is 42.9 Å². The molecule has 2 rings (SSSR count). The van der Waals surface area contributed by atoms with E-state index in [2.05, 4.69) is 0 Å². The number of aryl methyl sites for hydroxylation is 1. The molecule has 3 nitrogen and oxygen atoms in total. The van der Waals surface area contributed by atoms with Gasteiger partial charge >= 0.3 is 0 Å². The van der Waals surface area contributed by atoms with Crippen molar-refractivity contribution in [1.82, 2.24) is 0 Å². The highest BCUT2D eigenvalue weighted by Gasteiger charge is 2.26. The Morgan fingerprint density at radius 2 is 1.67 bits per heavy atom. The van der Waals surface area contributed by atoms with Crippen LogP contribution < -0.4 is 9.47 Å². The predicted octanol–water partition coefficient (Wildman–Crippen LogP) is 3.24. The van der Waals surface area contributed by atoms with Gasteiger partial charge in [0.15, 0.2) is 11.5 Å². The minimum Gasteiger partial charge on any atom is -0.493 e. The Labute approximate surface area is 109 Å². The van der Waals surface area contributed by atoms with Crippen LogP contribution in [0.2, 0.25) is 0 Å². The third-order valence-electron chi connectivity index (χ3n) is 3.94. The van der Waals surface area contributed by atoms with Gasteiger partial charge in [-0.25, -0.2) is 0 Å². The second kappa shape index (κ2) is 5.61. The number of benzene rings is 1. The second-order valence-corrected chi connectivity index (χ2v) is 5.05. The fourth-order valence-corrected chi connectivity index (χ4v) is 2.84. The minimum absolute atomic E-state index is 0.382. The summed E-state index contributed by atoms with van der Waals surface area (Å²) in [7, 11) is 3.25. The van der Waals surface area contributed by atoms with E-state index >= 15 is 0 Å². The first kappa shape index (κ1) is 13.2. The molecule has 0 heterocycles. The summed E-state index contributed by atoms with van der Waals surface area (Å²) in [5.41, 5.74) is 2.03. The van der Waals surface area contributed by atoms with Crippen LogP contribution in [0.25, 0.3) is 0 Å². The van der Waals surface area contributed by atoms with E-state index in [1.807, 2.05) is 19.1 Å². The molecule has 0 radical (unpaired) electrons. The summed E-state index contributed by atoms with van der Waals surface area (Å²) in [5.74, 6) is 1.80. The molecule has 1 atom stereocenters. The lowest BCUT2D eigenvalue weighted by Crippen LogP contribution is -2.11. The lowest BCUT2D eigenvalue weighted by molar-refractivity contribution is 0.110. The predicted molar refractivity (Wildman–Crippen MR) is 71.2 cm³/mol. The molecule has 1 aliphatic rings. The van der Waals surface area contributed by atoms with E-state index in [1.165, 1.54) is 12.8 Å². The standard InChI is InChI=1S/C15H22O3/c1-10-8-13(17-2)14(18-3)9-12(10)15(16)11-6-4-5-7-11/h8-9,11,15-16H,4-7H2,1-3H3. The van der Waals surface area contributed by atoms with E-state index in [4.69, 9.17) is 9.47 Å². The SMILES string of the molecule is COc1cc(C)c(C(O)C2CCCC2)cc1OC. The zero-order chi connectivity index (χ0) is 13.1. The first-order chi connectivity index (χ1) is 8.67. The van der Waals surface area contributed by atoms with Crippen molar-refractivity contribution < 1.29 is 14.6 Å². The van der Waals surface area contributed by atoms with Gasteiger partial charge in [-0.05, 0) is 48.9 Å². The summed E-state index contributed by atoms with van der Waals surface area (Å²) in [4.78, 5) is 0. The van der Waals surface area contributed by atoms with Gasteiger partial charge in [-0.2, -0.15) is 0 Å². The van der Waals surface area contributed by atoms with Gasteiger partial charge in [-0.15, -0.1) is 0 Å². The third kappa shape index (κ3) is 2.46. The summed E-state index contributed by atoms with van der Waals surface area (Å²) >= 11 is 0. The fourth-order valence-electron chi connectivity index (χ4n) is 2.84. The van der Waals surface area contributed by atoms with Crippen LogP contribution in [0.4, 0.5) is 0 Å². The van der Waals surface area contributed by atoms with Crippen LogP contribution in [0, 0.1) is 12.8 Å². The van der Waals surface area contributed by atoms with Crippen molar-refractivity contribution >= 4 is 0 Å². The van der Waals surface area contributed by atoms with Crippen molar-refractivity contribution in [2.45, 2.75) is 38.7 Å². The minimum atomic E-state index is -0.382. The molecular formula is C15H22O3. The smallest absolute Gasteiger partial charge is 0.161 e. The molecule has 0 amide bonds. The summed E-state index contributed by atoms with van der Waals surface area (Å²) in [6.07, 6.45) is 4.32. The van der Waals surface area contributed by atoms with Crippen LogP contribution in [0.3, 0.4) is 0 Å². The number of hydrogen-bond acceptors (Lipinski definition) is 3. The number of ether oxygens (including phenoxy) is 2. The van der Waals surface area contributed by atoms with Crippen LogP contribution in [0.5, 0.6) is 11.5 Å². The van der Waals surface area contributed by atoms with Crippen molar-refractivity contribution in [3.63, 3.8) is 0 Å². The van der Waals surface area contributed by atoms with Crippen molar-refractivity contribution in [3.05, 3.63) is 23.3 Å². The molecule has 0 aliphatic heterocycles. The molecule has 0 saturated heterocycles. The molecule has 1 aromatic carbocycles. The van der Waals surface area contributed by atoms with Gasteiger partial charge in [0, 0.05) is 0 Å². The van der Waals surface area contributed by atoms with Crippen molar-refractivity contribution in [2.24, 2.45) is 5.92 Å². The van der Waals surface area contributed by atoms with Gasteiger partial charge < -0.3 is 14.6 Å². The Bertz CT molecular complexity index is 408. The Morgan fingerprint density at radius 3 is 2.22 bits per heavy atom. The largest absolute Gasteiger partial charge is 0.493 e. The highest BCUT2D eigenvalue weighted by Crippen LogP contribution is 2.40. The number of methoxy groups -OCH3 is 2. The monoisotopic (exact) mass is 250 g/mol. The van der Waals surface area contributed by atoms with Gasteiger partial charge in [0.05, 0.1) is 20.3 Å². The lowest BCUT2D eigenvalue weighted by Gasteiger charge is -2.21. The van der Waals surface area contributed by atoms with Crippen LogP contribution >= 0.6 is 0 Å². The number of aliphatic hydroxyl groups excluding tert-OH is 1. The first-order valence-electron chi connectivity index (χ1n) is 6.58. The van der Waals surface area contributed by atoms with E-state index < -0.39 is 0 Å². The van der Waals surface area contributed by atoms with Crippen molar-refractivity contribution in [1.29, 1.82) is 0 Å². The summed E-state index contributed by atoms with van der Waals surface area (Å²) in [6, 6.07) is 3.85. The quantitative estimate of drug-likeness (QED) is 0.891. The van der Waals surface area contributed by atoms with E-state index in [9.17, 15) is 5.11 Å². The molecule has 3 heteroatoms. The van der Waals surface area contributed by atoms with Gasteiger partial charge in [-0.3, -0.25) is 0 Å². The van der Waals surface area contributed by atoms with Gasteiger partial charge in [0.2, 0.25) is 0 Å². The molecule has 1 N–H and O–H groups in total. The van der Waals surface area contributed by atoms with E-state index in [1.54, 1.807) is 14.2 Å². The Balaban J connectivity index is 2.31. The Morgan fingerprint density at radius 1 is 1.11 bits per heavy atom. The van der Waals surface area contributed by atoms with E-state index in [0.717, 1.165) is 29.7 Å². The molecule has 1 unspecified atom stereocenters. The lowest BCUT2D eigenvalue weighted by atomic mass is 9.91. The summed E-state index contributed by atoms with van der Waals surface area (Å²) < 4.78 is 10.6. The number of hydrogen-bond donors (Lipinski definition) is 1. The highest BCUT2D eigenvalue weighted by molar-refractivity contribution is 5.47. The van der Waals surface area contributed by atoms with Gasteiger partial charge in [0.25, 0.3) is 0 Å². The van der Waals surface area contributed by atoms with Crippen LogP contribution in [-0.2, 0) is 0 Å². The first-order valence-corrected chi connectivity index (χ1v) is 6.58. The van der Waals surface area contributed by atoms with Gasteiger partial charge in [0.1, 0.15) is 0 Å². The second-order valence-electron chi connectivity index (χ2n) is 5.05. The summed E-state index contributed by atoms with van der Waals surface area (Å²) in [5, 5.41) is 10.5. The topological polar surface area (TPSA) is 38.7 Å². The normalized spacial score (nSPS) is 17.8. The van der Waals surface area contributed by atoms with Gasteiger partial charge in [-0.1, -0.05) is 12.8 Å². The fraction of sp³-hybridized carbons (Fsp3) is 0.600. The van der Waals surface area contributed by atoms with Crippen LogP contribution in [-0.4, -0.2) is 19.3 Å². The molecule has 100 valence electrons. The number of rotatable bonds is 4. The van der Waals surface area contributed by atoms with E-state index in [0.29, 0.717) is 11.7 Å². The average Bonchev–Trinajstić information content (AvgIpc) is 2.91. The molecule has 0 bridgehead atoms. The van der Waals surface area contributed by atoms with Crippen molar-refractivity contribution in [2.75, 3.05) is 14.2 Å². The maximum atomic E-state index is 10.5. The maximum absolute atomic E-state index is 10.5. The molecule has 1 saturated carbocycles. The Hall–Kier alpha value is -1.22. The molecule has 1 aromatic rings. The molecule has 1 aliphatic carbocycles. The zero-order valence-electron chi connectivity index (χ0n) is 11.4. The highest BCUT2D eigenvalue weighted by atomic mass is 16.5. The Kier molecular flexibility index (Phi) is 4.12. The molecular weight excluding hydrogens is 228 g/mol. The molecule has 0 spiro atoms. The summed E-state index contributed by atoms with van der Waals surface area (Å²) in [6.45, 7) is 2.01. The third-order valence-corrected chi connectivity index (χ3v) is 3.94. The molecule has 1 fully saturated rings. The zero-order valence-corrected chi connectivity index (χ0v) is 11.4. The average molecular weight is 250 g/mol. The van der Waals surface area contributed by atoms with Crippen molar-refractivity contribution in [3.8, 4) is 11.5 Å². The molecule has 0 aromatic heterocycles. The van der Waals surface area contributed by atoms with Crippen LogP contribution in [0.15, 0.2) is 12.1 Å².